The maximum absolute atomic E-state index is 12.9. The smallest absolute Gasteiger partial charge is 0.241 e. The van der Waals surface area contributed by atoms with Gasteiger partial charge in [0.25, 0.3) is 0 Å². The number of hydrogen-bond donors (Lipinski definition) is 2. The van der Waals surface area contributed by atoms with Crippen LogP contribution in [0.3, 0.4) is 0 Å². The second-order valence-electron chi connectivity index (χ2n) is 7.88. The number of rotatable bonds is 10. The molecule has 30 heavy (non-hydrogen) atoms. The molecule has 1 atom stereocenters. The summed E-state index contributed by atoms with van der Waals surface area (Å²) in [5.74, 6) is 0.321. The normalized spacial score (nSPS) is 13.1. The fourth-order valence-electron chi connectivity index (χ4n) is 2.89. The van der Waals surface area contributed by atoms with Crippen molar-refractivity contribution in [2.45, 2.75) is 43.5 Å². The maximum atomic E-state index is 12.9. The summed E-state index contributed by atoms with van der Waals surface area (Å²) >= 11 is 7.66. The molecule has 0 saturated heterocycles. The summed E-state index contributed by atoms with van der Waals surface area (Å²) in [6.45, 7) is 6.26. The second kappa shape index (κ2) is 10.7. The summed E-state index contributed by atoms with van der Waals surface area (Å²) in [4.78, 5) is 13.0. The quantitative estimate of drug-likeness (QED) is 0.549. The zero-order chi connectivity index (χ0) is 22.4. The minimum atomic E-state index is -3.80. The first kappa shape index (κ1) is 24.7. The van der Waals surface area contributed by atoms with Crippen LogP contribution in [0.2, 0.25) is 5.02 Å². The number of benzene rings is 2. The van der Waals surface area contributed by atoms with Gasteiger partial charge in [-0.25, -0.2) is 8.42 Å². The maximum Gasteiger partial charge on any atom is 0.241 e. The van der Waals surface area contributed by atoms with E-state index >= 15 is 0 Å². The number of carbonyl (C=O) groups excluding carboxylic acids is 1. The molecule has 5 nitrogen and oxygen atoms in total. The lowest BCUT2D eigenvalue weighted by Crippen LogP contribution is -2.49. The summed E-state index contributed by atoms with van der Waals surface area (Å²) in [6.07, 6.45) is 2.32. The van der Waals surface area contributed by atoms with Gasteiger partial charge in [-0.3, -0.25) is 4.79 Å². The average Bonchev–Trinajstić information content (AvgIpc) is 2.69. The third-order valence-corrected chi connectivity index (χ3v) is 7.23. The fourth-order valence-corrected chi connectivity index (χ4v) is 4.79. The highest BCUT2D eigenvalue weighted by Crippen LogP contribution is 2.25. The van der Waals surface area contributed by atoms with Gasteiger partial charge in [0, 0.05) is 17.0 Å². The molecule has 0 saturated carbocycles. The van der Waals surface area contributed by atoms with Crippen LogP contribution in [0.4, 0.5) is 0 Å². The molecule has 0 aromatic heterocycles. The monoisotopic (exact) mass is 468 g/mol. The van der Waals surface area contributed by atoms with Gasteiger partial charge < -0.3 is 5.32 Å². The lowest BCUT2D eigenvalue weighted by atomic mass is 9.84. The molecule has 164 valence electrons. The molecule has 2 rings (SSSR count). The van der Waals surface area contributed by atoms with Crippen molar-refractivity contribution >= 4 is 39.3 Å². The van der Waals surface area contributed by atoms with E-state index in [1.165, 1.54) is 0 Å². The Bertz CT molecular complexity index is 961. The van der Waals surface area contributed by atoms with Crippen molar-refractivity contribution in [1.29, 1.82) is 0 Å². The molecular weight excluding hydrogens is 440 g/mol. The van der Waals surface area contributed by atoms with Crippen molar-refractivity contribution < 1.29 is 13.2 Å². The van der Waals surface area contributed by atoms with Crippen LogP contribution in [-0.2, 0) is 20.2 Å². The minimum Gasteiger partial charge on any atom is -0.354 e. The highest BCUT2D eigenvalue weighted by molar-refractivity contribution is 7.98. The molecule has 0 aliphatic heterocycles. The van der Waals surface area contributed by atoms with E-state index in [2.05, 4.69) is 10.0 Å². The Kier molecular flexibility index (Phi) is 8.79. The van der Waals surface area contributed by atoms with E-state index in [0.717, 1.165) is 11.1 Å². The van der Waals surface area contributed by atoms with E-state index in [9.17, 15) is 13.2 Å². The van der Waals surface area contributed by atoms with Gasteiger partial charge in [0.05, 0.1) is 4.90 Å². The van der Waals surface area contributed by atoms with Crippen LogP contribution in [0.15, 0.2) is 53.4 Å². The zero-order valence-electron chi connectivity index (χ0n) is 17.7. The number of nitrogens with one attached hydrogen (secondary N) is 2. The van der Waals surface area contributed by atoms with Crippen LogP contribution in [0, 0.1) is 6.92 Å². The predicted molar refractivity (Wildman–Crippen MR) is 126 cm³/mol. The summed E-state index contributed by atoms with van der Waals surface area (Å²) in [5.41, 5.74) is 1.60. The van der Waals surface area contributed by atoms with Crippen LogP contribution >= 0.6 is 23.4 Å². The molecule has 0 bridgehead atoms. The van der Waals surface area contributed by atoms with Crippen LogP contribution in [0.1, 0.15) is 31.4 Å². The van der Waals surface area contributed by atoms with Gasteiger partial charge in [0.2, 0.25) is 15.9 Å². The van der Waals surface area contributed by atoms with E-state index < -0.39 is 16.1 Å². The lowest BCUT2D eigenvalue weighted by Gasteiger charge is -2.27. The fraction of sp³-hybridized carbons (Fsp3) is 0.409. The van der Waals surface area contributed by atoms with Crippen LogP contribution < -0.4 is 10.0 Å². The third-order valence-electron chi connectivity index (χ3n) is 4.87. The zero-order valence-corrected chi connectivity index (χ0v) is 20.1. The van der Waals surface area contributed by atoms with Crippen molar-refractivity contribution in [2.24, 2.45) is 0 Å². The highest BCUT2D eigenvalue weighted by atomic mass is 35.5. The summed E-state index contributed by atoms with van der Waals surface area (Å²) in [6, 6.07) is 13.2. The molecule has 0 aliphatic carbocycles. The summed E-state index contributed by atoms with van der Waals surface area (Å²) < 4.78 is 28.1. The molecule has 0 heterocycles. The van der Waals surface area contributed by atoms with Gasteiger partial charge in [0.15, 0.2) is 0 Å². The number of sulfonamides is 1. The lowest BCUT2D eigenvalue weighted by molar-refractivity contribution is -0.123. The second-order valence-corrected chi connectivity index (χ2v) is 11.0. The van der Waals surface area contributed by atoms with Crippen molar-refractivity contribution in [3.63, 3.8) is 0 Å². The SMILES string of the molecule is CSCCC(NS(=O)(=O)c1ccc(C)cc1)C(=O)NCC(C)(C)c1cccc(Cl)c1. The molecular formula is C22H29ClN2O3S2. The number of carbonyl (C=O) groups is 1. The van der Waals surface area contributed by atoms with Gasteiger partial charge in [-0.1, -0.05) is 55.3 Å². The van der Waals surface area contributed by atoms with Gasteiger partial charge >= 0.3 is 0 Å². The van der Waals surface area contributed by atoms with Crippen LogP contribution in [-0.4, -0.2) is 38.9 Å². The first-order valence-corrected chi connectivity index (χ1v) is 12.9. The van der Waals surface area contributed by atoms with E-state index in [1.807, 2.05) is 45.2 Å². The first-order chi connectivity index (χ1) is 14.0. The van der Waals surface area contributed by atoms with E-state index in [0.29, 0.717) is 23.7 Å². The Hall–Kier alpha value is -1.54. The Morgan fingerprint density at radius 2 is 1.83 bits per heavy atom. The molecule has 2 aromatic rings. The average molecular weight is 469 g/mol. The molecule has 1 unspecified atom stereocenters. The highest BCUT2D eigenvalue weighted by Gasteiger charge is 2.28. The van der Waals surface area contributed by atoms with Crippen molar-refractivity contribution in [3.8, 4) is 0 Å². The number of amides is 1. The van der Waals surface area contributed by atoms with E-state index in [-0.39, 0.29) is 16.2 Å². The van der Waals surface area contributed by atoms with Gasteiger partial charge in [0.1, 0.15) is 6.04 Å². The molecule has 0 radical (unpaired) electrons. The van der Waals surface area contributed by atoms with E-state index in [1.54, 1.807) is 42.1 Å². The van der Waals surface area contributed by atoms with Crippen LogP contribution in [0.25, 0.3) is 0 Å². The van der Waals surface area contributed by atoms with Gasteiger partial charge in [-0.15, -0.1) is 0 Å². The molecule has 2 N–H and O–H groups in total. The number of aryl methyl sites for hydroxylation is 1. The minimum absolute atomic E-state index is 0.148. The predicted octanol–water partition coefficient (Wildman–Crippen LogP) is 4.14. The number of halogens is 1. The Morgan fingerprint density at radius 3 is 2.43 bits per heavy atom. The van der Waals surface area contributed by atoms with E-state index in [4.69, 9.17) is 11.6 Å². The molecule has 8 heteroatoms. The first-order valence-electron chi connectivity index (χ1n) is 9.67. The van der Waals surface area contributed by atoms with Crippen molar-refractivity contribution in [2.75, 3.05) is 18.6 Å². The molecule has 0 fully saturated rings. The standard InChI is InChI=1S/C22H29ClN2O3S2/c1-16-8-10-19(11-9-16)30(27,28)25-20(12-13-29-4)21(26)24-15-22(2,3)17-6-5-7-18(23)14-17/h5-11,14,20,25H,12-13,15H2,1-4H3,(H,24,26). The Morgan fingerprint density at radius 1 is 1.17 bits per heavy atom. The van der Waals surface area contributed by atoms with Crippen molar-refractivity contribution in [1.82, 2.24) is 10.0 Å². The molecule has 0 aliphatic rings. The molecule has 0 spiro atoms. The Labute approximate surface area is 189 Å². The molecule has 1 amide bonds. The van der Waals surface area contributed by atoms with Gasteiger partial charge in [-0.2, -0.15) is 16.5 Å². The summed E-state index contributed by atoms with van der Waals surface area (Å²) in [7, 11) is -3.80. The van der Waals surface area contributed by atoms with Gasteiger partial charge in [-0.05, 0) is 55.2 Å². The van der Waals surface area contributed by atoms with Crippen LogP contribution in [0.5, 0.6) is 0 Å². The third kappa shape index (κ3) is 7.01. The largest absolute Gasteiger partial charge is 0.354 e. The topological polar surface area (TPSA) is 75.3 Å². The number of hydrogen-bond acceptors (Lipinski definition) is 4. The molecule has 2 aromatic carbocycles. The Balaban J connectivity index is 2.12. The number of thioether (sulfide) groups is 1. The van der Waals surface area contributed by atoms with Crippen molar-refractivity contribution in [3.05, 3.63) is 64.7 Å². The summed E-state index contributed by atoms with van der Waals surface area (Å²) in [5, 5.41) is 3.55.